The Labute approximate surface area is 122 Å². The van der Waals surface area contributed by atoms with Crippen LogP contribution in [0.5, 0.6) is 0 Å². The second-order valence-corrected chi connectivity index (χ2v) is 6.34. The van der Waals surface area contributed by atoms with Gasteiger partial charge in [0, 0.05) is 12.1 Å². The molecule has 1 N–H and O–H groups in total. The molecule has 2 fully saturated rings. The number of ether oxygens (including phenoxy) is 1. The van der Waals surface area contributed by atoms with E-state index in [0.717, 1.165) is 12.5 Å². The molecule has 1 aliphatic carbocycles. The summed E-state index contributed by atoms with van der Waals surface area (Å²) in [5, 5.41) is 9.33. The van der Waals surface area contributed by atoms with Crippen molar-refractivity contribution in [2.24, 2.45) is 11.8 Å². The normalized spacial score (nSPS) is 34.5. The summed E-state index contributed by atoms with van der Waals surface area (Å²) in [4.78, 5) is 13.8. The lowest BCUT2D eigenvalue weighted by atomic mass is 9.82. The van der Waals surface area contributed by atoms with Crippen LogP contribution in [-0.4, -0.2) is 47.8 Å². The molecule has 0 amide bonds. The molecule has 4 nitrogen and oxygen atoms in total. The predicted octanol–water partition coefficient (Wildman–Crippen LogP) is 2.77. The molecule has 1 saturated carbocycles. The fraction of sp³-hybridized carbons (Fsp3) is 0.938. The Hall–Kier alpha value is -0.610. The van der Waals surface area contributed by atoms with Gasteiger partial charge in [0.2, 0.25) is 0 Å². The highest BCUT2D eigenvalue weighted by molar-refractivity contribution is 5.71. The summed E-state index contributed by atoms with van der Waals surface area (Å²) in [6.07, 6.45) is 7.69. The molecule has 1 saturated heterocycles. The maximum Gasteiger partial charge on any atom is 0.310 e. The van der Waals surface area contributed by atoms with Gasteiger partial charge in [0.15, 0.2) is 0 Å². The second kappa shape index (κ2) is 7.41. The van der Waals surface area contributed by atoms with Gasteiger partial charge in [0.25, 0.3) is 0 Å². The van der Waals surface area contributed by atoms with Crippen molar-refractivity contribution in [2.45, 2.75) is 64.5 Å². The van der Waals surface area contributed by atoms with E-state index in [1.165, 1.54) is 38.5 Å². The third-order valence-corrected chi connectivity index (χ3v) is 5.14. The molecule has 4 heteroatoms. The first-order valence-corrected chi connectivity index (χ1v) is 8.23. The summed E-state index contributed by atoms with van der Waals surface area (Å²) in [7, 11) is 0. The van der Waals surface area contributed by atoms with Gasteiger partial charge in [-0.25, -0.2) is 0 Å². The van der Waals surface area contributed by atoms with Crippen LogP contribution < -0.4 is 0 Å². The van der Waals surface area contributed by atoms with Gasteiger partial charge in [0.1, 0.15) is 0 Å². The molecular weight excluding hydrogens is 254 g/mol. The van der Waals surface area contributed by atoms with Crippen LogP contribution >= 0.6 is 0 Å². The zero-order valence-corrected chi connectivity index (χ0v) is 12.9. The van der Waals surface area contributed by atoms with Crippen LogP contribution in [0.25, 0.3) is 0 Å². The Kier molecular flexibility index (Phi) is 5.85. The minimum absolute atomic E-state index is 0.0743. The summed E-state index contributed by atoms with van der Waals surface area (Å²) < 4.78 is 5.44. The molecule has 2 rings (SSSR count). The molecule has 0 bridgehead atoms. The third kappa shape index (κ3) is 3.53. The van der Waals surface area contributed by atoms with Crippen molar-refractivity contribution in [3.63, 3.8) is 0 Å². The Morgan fingerprint density at radius 1 is 1.20 bits per heavy atom. The van der Waals surface area contributed by atoms with Crippen molar-refractivity contribution < 1.29 is 14.6 Å². The Morgan fingerprint density at radius 2 is 1.90 bits per heavy atom. The number of likely N-dealkylation sites (N-methyl/N-ethyl adjacent to an activating group) is 1. The zero-order chi connectivity index (χ0) is 14.5. The van der Waals surface area contributed by atoms with E-state index >= 15 is 0 Å². The van der Waals surface area contributed by atoms with E-state index in [1.807, 2.05) is 0 Å². The molecule has 20 heavy (non-hydrogen) atoms. The summed E-state index contributed by atoms with van der Waals surface area (Å²) in [6.45, 7) is 6.30. The number of carbonyl (C=O) groups is 1. The van der Waals surface area contributed by atoms with Crippen molar-refractivity contribution in [1.29, 1.82) is 0 Å². The largest absolute Gasteiger partial charge is 0.481 e. The Bertz CT molecular complexity index is 313. The molecule has 0 radical (unpaired) electrons. The van der Waals surface area contributed by atoms with E-state index in [2.05, 4.69) is 18.7 Å². The van der Waals surface area contributed by atoms with Gasteiger partial charge < -0.3 is 9.84 Å². The first kappa shape index (κ1) is 15.8. The number of hydrogen-bond acceptors (Lipinski definition) is 3. The third-order valence-electron chi connectivity index (χ3n) is 5.14. The molecule has 0 aromatic carbocycles. The molecule has 116 valence electrons. The van der Waals surface area contributed by atoms with Crippen molar-refractivity contribution in [2.75, 3.05) is 19.8 Å². The second-order valence-electron chi connectivity index (χ2n) is 6.34. The molecule has 0 aromatic rings. The van der Waals surface area contributed by atoms with Crippen LogP contribution in [0.1, 0.15) is 52.4 Å². The highest BCUT2D eigenvalue weighted by atomic mass is 16.5. The van der Waals surface area contributed by atoms with Crippen molar-refractivity contribution >= 4 is 5.97 Å². The van der Waals surface area contributed by atoms with E-state index in [9.17, 15) is 9.90 Å². The number of aliphatic carboxylic acids is 1. The standard InChI is InChI=1S/C16H29NO3/c1-3-5-12-6-8-13(9-7-12)17(4-2)15-11-20-10-14(15)16(18)19/h12-15H,3-11H2,1-2H3,(H,18,19). The summed E-state index contributed by atoms with van der Waals surface area (Å²) in [5.74, 6) is -0.154. The van der Waals surface area contributed by atoms with Crippen molar-refractivity contribution in [1.82, 2.24) is 4.90 Å². The van der Waals surface area contributed by atoms with E-state index in [0.29, 0.717) is 19.3 Å². The Balaban J connectivity index is 1.93. The number of rotatable bonds is 6. The SMILES string of the molecule is CCCC1CCC(N(CC)C2COCC2C(=O)O)CC1. The van der Waals surface area contributed by atoms with Crippen LogP contribution in [0.3, 0.4) is 0 Å². The Morgan fingerprint density at radius 3 is 2.45 bits per heavy atom. The van der Waals surface area contributed by atoms with Gasteiger partial charge in [-0.3, -0.25) is 9.69 Å². The molecule has 2 unspecified atom stereocenters. The van der Waals surface area contributed by atoms with Gasteiger partial charge in [-0.15, -0.1) is 0 Å². The highest BCUT2D eigenvalue weighted by Gasteiger charge is 2.40. The summed E-state index contributed by atoms with van der Waals surface area (Å²) in [5.41, 5.74) is 0. The van der Waals surface area contributed by atoms with Gasteiger partial charge in [-0.05, 0) is 38.1 Å². The fourth-order valence-electron chi connectivity index (χ4n) is 4.04. The lowest BCUT2D eigenvalue weighted by Crippen LogP contribution is -2.49. The van der Waals surface area contributed by atoms with Crippen molar-refractivity contribution in [3.05, 3.63) is 0 Å². The summed E-state index contributed by atoms with van der Waals surface area (Å²) >= 11 is 0. The van der Waals surface area contributed by atoms with Gasteiger partial charge in [-0.2, -0.15) is 0 Å². The van der Waals surface area contributed by atoms with Gasteiger partial charge in [-0.1, -0.05) is 26.7 Å². The molecular formula is C16H29NO3. The summed E-state index contributed by atoms with van der Waals surface area (Å²) in [6, 6.07) is 0.631. The molecule has 0 spiro atoms. The first-order chi connectivity index (χ1) is 9.67. The lowest BCUT2D eigenvalue weighted by molar-refractivity contribution is -0.143. The number of nitrogens with zero attached hydrogens (tertiary/aromatic N) is 1. The van der Waals surface area contributed by atoms with Crippen LogP contribution in [0.4, 0.5) is 0 Å². The number of carboxylic acids is 1. The molecule has 1 aliphatic heterocycles. The minimum Gasteiger partial charge on any atom is -0.481 e. The average Bonchev–Trinajstić information content (AvgIpc) is 2.91. The predicted molar refractivity (Wildman–Crippen MR) is 78.8 cm³/mol. The highest BCUT2D eigenvalue weighted by Crippen LogP contribution is 2.33. The maximum absolute atomic E-state index is 11.3. The van der Waals surface area contributed by atoms with E-state index in [4.69, 9.17) is 4.74 Å². The lowest BCUT2D eigenvalue weighted by Gasteiger charge is -2.40. The van der Waals surface area contributed by atoms with Crippen LogP contribution in [0, 0.1) is 11.8 Å². The molecule has 1 heterocycles. The van der Waals surface area contributed by atoms with E-state index in [-0.39, 0.29) is 12.0 Å². The van der Waals surface area contributed by atoms with Crippen LogP contribution in [-0.2, 0) is 9.53 Å². The zero-order valence-electron chi connectivity index (χ0n) is 12.9. The van der Waals surface area contributed by atoms with Crippen LogP contribution in [0.2, 0.25) is 0 Å². The smallest absolute Gasteiger partial charge is 0.310 e. The minimum atomic E-state index is -0.703. The average molecular weight is 283 g/mol. The fourth-order valence-corrected chi connectivity index (χ4v) is 4.04. The molecule has 2 aliphatic rings. The first-order valence-electron chi connectivity index (χ1n) is 8.23. The quantitative estimate of drug-likeness (QED) is 0.814. The van der Waals surface area contributed by atoms with E-state index < -0.39 is 5.97 Å². The molecule has 0 aromatic heterocycles. The van der Waals surface area contributed by atoms with Crippen molar-refractivity contribution in [3.8, 4) is 0 Å². The number of carboxylic acid groups (broad SMARTS) is 1. The maximum atomic E-state index is 11.3. The van der Waals surface area contributed by atoms with Crippen LogP contribution in [0.15, 0.2) is 0 Å². The number of hydrogen-bond donors (Lipinski definition) is 1. The molecule has 2 atom stereocenters. The monoisotopic (exact) mass is 283 g/mol. The van der Waals surface area contributed by atoms with Gasteiger partial charge in [0.05, 0.1) is 19.1 Å². The van der Waals surface area contributed by atoms with E-state index in [1.54, 1.807) is 0 Å². The van der Waals surface area contributed by atoms with Gasteiger partial charge >= 0.3 is 5.97 Å². The topological polar surface area (TPSA) is 49.8 Å².